The molecule has 1 rings (SSSR count). The van der Waals surface area contributed by atoms with Crippen molar-refractivity contribution in [2.24, 2.45) is 29.6 Å². The van der Waals surface area contributed by atoms with Gasteiger partial charge in [-0.25, -0.2) is 0 Å². The Hall–Kier alpha value is 0. The van der Waals surface area contributed by atoms with Crippen LogP contribution in [0.2, 0.25) is 0 Å². The van der Waals surface area contributed by atoms with Gasteiger partial charge in [-0.2, -0.15) is 0 Å². The smallest absolute Gasteiger partial charge is 0.0352 e. The second-order valence-corrected chi connectivity index (χ2v) is 23.2. The van der Waals surface area contributed by atoms with Crippen LogP contribution in [0, 0.1) is 29.6 Å². The molecule has 1 fully saturated rings. The lowest BCUT2D eigenvalue weighted by Crippen LogP contribution is -2.18. The Morgan fingerprint density at radius 3 is 0.323 bits per heavy atom. The first-order valence-electron chi connectivity index (χ1n) is 32.2. The third kappa shape index (κ3) is 38.4. The highest BCUT2D eigenvalue weighted by molar-refractivity contribution is 4.96. The fraction of sp³-hybridized carbons (Fsp3) is 1.00. The SMILES string of the molecule is CCCCCCCCCCCCC1C(CCCCCCCCCCCC)C(CCCCCCCCCCCC)C(CCCCCCCCCCCC)C1CCCCCCCCCCCC. The third-order valence-electron chi connectivity index (χ3n) is 17.2. The number of hydrogen-bond donors (Lipinski definition) is 0. The van der Waals surface area contributed by atoms with Crippen molar-refractivity contribution in [3.63, 3.8) is 0 Å². The Kier molecular flexibility index (Phi) is 50.3. The molecule has 1 saturated carbocycles. The molecule has 65 heavy (non-hydrogen) atoms. The van der Waals surface area contributed by atoms with Crippen LogP contribution in [0.25, 0.3) is 0 Å². The minimum Gasteiger partial charge on any atom is -0.0654 e. The Labute approximate surface area is 415 Å². The molecule has 0 nitrogen and oxygen atoms in total. The number of unbranched alkanes of at least 4 members (excludes halogenated alkanes) is 45. The predicted molar refractivity (Wildman–Crippen MR) is 300 cm³/mol. The van der Waals surface area contributed by atoms with Crippen LogP contribution in [-0.4, -0.2) is 0 Å². The maximum Gasteiger partial charge on any atom is -0.0352 e. The summed E-state index contributed by atoms with van der Waals surface area (Å²) in [4.78, 5) is 0. The zero-order valence-electron chi connectivity index (χ0n) is 46.8. The molecule has 0 aliphatic heterocycles. The topological polar surface area (TPSA) is 0 Å². The molecule has 0 saturated heterocycles. The molecule has 390 valence electrons. The third-order valence-corrected chi connectivity index (χ3v) is 17.2. The van der Waals surface area contributed by atoms with Gasteiger partial charge in [0.05, 0.1) is 0 Å². The second-order valence-electron chi connectivity index (χ2n) is 23.2. The molecule has 0 aromatic carbocycles. The van der Waals surface area contributed by atoms with E-state index in [1.165, 1.54) is 289 Å². The molecular weight excluding hydrogens is 781 g/mol. The monoisotopic (exact) mass is 911 g/mol. The fourth-order valence-electron chi connectivity index (χ4n) is 13.1. The standard InChI is InChI=1S/C65H130/c1-6-11-16-21-26-31-36-41-46-51-56-61-62(57-52-47-42-37-32-27-22-17-12-7-2)64(59-54-49-44-39-34-29-24-19-14-9-4)65(60-55-50-45-40-35-30-25-20-15-10-5)63(61)58-53-48-43-38-33-28-23-18-13-8-3/h61-65H,6-60H2,1-5H3. The van der Waals surface area contributed by atoms with Crippen molar-refractivity contribution in [2.45, 2.75) is 388 Å². The maximum atomic E-state index is 2.36. The van der Waals surface area contributed by atoms with Crippen LogP contribution in [-0.2, 0) is 0 Å². The second kappa shape index (κ2) is 51.8. The van der Waals surface area contributed by atoms with Crippen LogP contribution in [0.5, 0.6) is 0 Å². The van der Waals surface area contributed by atoms with Crippen LogP contribution in [0.1, 0.15) is 388 Å². The van der Waals surface area contributed by atoms with Crippen LogP contribution in [0.3, 0.4) is 0 Å². The summed E-state index contributed by atoms with van der Waals surface area (Å²) in [5.74, 6) is 5.22. The van der Waals surface area contributed by atoms with Crippen molar-refractivity contribution < 1.29 is 0 Å². The maximum absolute atomic E-state index is 2.36. The normalized spacial score (nSPS) is 18.7. The Bertz CT molecular complexity index is 686. The molecule has 0 radical (unpaired) electrons. The Morgan fingerprint density at radius 1 is 0.123 bits per heavy atom. The predicted octanol–water partition coefficient (Wildman–Crippen LogP) is 24.6. The van der Waals surface area contributed by atoms with E-state index in [-0.39, 0.29) is 0 Å². The highest BCUT2D eigenvalue weighted by Gasteiger charge is 2.47. The van der Waals surface area contributed by atoms with Crippen molar-refractivity contribution in [3.05, 3.63) is 0 Å². The van der Waals surface area contributed by atoms with Gasteiger partial charge in [0.15, 0.2) is 0 Å². The van der Waals surface area contributed by atoms with E-state index in [0.29, 0.717) is 0 Å². The zero-order valence-corrected chi connectivity index (χ0v) is 46.8. The van der Waals surface area contributed by atoms with Crippen molar-refractivity contribution in [1.82, 2.24) is 0 Å². The summed E-state index contributed by atoms with van der Waals surface area (Å²) in [5, 5.41) is 0. The lowest BCUT2D eigenvalue weighted by atomic mass is 9.78. The van der Waals surface area contributed by atoms with Crippen LogP contribution >= 0.6 is 0 Å². The Morgan fingerprint density at radius 2 is 0.215 bits per heavy atom. The minimum atomic E-state index is 1.04. The highest BCUT2D eigenvalue weighted by Crippen LogP contribution is 2.55. The van der Waals surface area contributed by atoms with Gasteiger partial charge in [-0.1, -0.05) is 356 Å². The molecule has 0 bridgehead atoms. The van der Waals surface area contributed by atoms with Crippen molar-refractivity contribution >= 4 is 0 Å². The average molecular weight is 912 g/mol. The van der Waals surface area contributed by atoms with E-state index in [9.17, 15) is 0 Å². The molecule has 0 heteroatoms. The molecule has 1 aliphatic rings. The summed E-state index contributed by atoms with van der Waals surface area (Å²) in [7, 11) is 0. The summed E-state index contributed by atoms with van der Waals surface area (Å²) < 4.78 is 0. The van der Waals surface area contributed by atoms with Crippen LogP contribution < -0.4 is 0 Å². The zero-order chi connectivity index (χ0) is 46.8. The largest absolute Gasteiger partial charge is 0.0654 e. The molecule has 0 atom stereocenters. The number of hydrogen-bond acceptors (Lipinski definition) is 0. The summed E-state index contributed by atoms with van der Waals surface area (Å²) in [5.41, 5.74) is 0. The molecule has 0 aromatic rings. The van der Waals surface area contributed by atoms with Crippen molar-refractivity contribution in [3.8, 4) is 0 Å². The molecule has 0 amide bonds. The van der Waals surface area contributed by atoms with Gasteiger partial charge >= 0.3 is 0 Å². The summed E-state index contributed by atoms with van der Waals surface area (Å²) in [6.07, 6.45) is 82.2. The molecule has 1 aliphatic carbocycles. The first-order valence-corrected chi connectivity index (χ1v) is 32.2. The van der Waals surface area contributed by atoms with E-state index in [0.717, 1.165) is 29.6 Å². The van der Waals surface area contributed by atoms with Crippen molar-refractivity contribution in [2.75, 3.05) is 0 Å². The first-order chi connectivity index (χ1) is 32.2. The highest BCUT2D eigenvalue weighted by atomic mass is 14.5. The lowest BCUT2D eigenvalue weighted by molar-refractivity contribution is 0.224. The van der Waals surface area contributed by atoms with E-state index in [4.69, 9.17) is 0 Å². The van der Waals surface area contributed by atoms with E-state index < -0.39 is 0 Å². The van der Waals surface area contributed by atoms with E-state index in [2.05, 4.69) is 34.6 Å². The van der Waals surface area contributed by atoms with Gasteiger partial charge in [0.25, 0.3) is 0 Å². The van der Waals surface area contributed by atoms with E-state index in [1.807, 2.05) is 0 Å². The Balaban J connectivity index is 3.08. The van der Waals surface area contributed by atoms with E-state index in [1.54, 1.807) is 64.2 Å². The molecule has 0 heterocycles. The molecule has 0 aromatic heterocycles. The minimum absolute atomic E-state index is 1.04. The lowest BCUT2D eigenvalue weighted by Gasteiger charge is -2.28. The molecule has 0 unspecified atom stereocenters. The van der Waals surface area contributed by atoms with Gasteiger partial charge in [-0.15, -0.1) is 0 Å². The first kappa shape index (κ1) is 63.0. The van der Waals surface area contributed by atoms with Crippen LogP contribution in [0.4, 0.5) is 0 Å². The van der Waals surface area contributed by atoms with Gasteiger partial charge < -0.3 is 0 Å². The molecule has 0 N–H and O–H groups in total. The van der Waals surface area contributed by atoms with Gasteiger partial charge in [0.2, 0.25) is 0 Å². The van der Waals surface area contributed by atoms with Gasteiger partial charge in [0, 0.05) is 0 Å². The van der Waals surface area contributed by atoms with Crippen LogP contribution in [0.15, 0.2) is 0 Å². The summed E-state index contributed by atoms with van der Waals surface area (Å²) in [6.45, 7) is 11.8. The molecular formula is C65H130. The molecule has 0 spiro atoms. The van der Waals surface area contributed by atoms with Gasteiger partial charge in [-0.3, -0.25) is 0 Å². The number of rotatable bonds is 55. The average Bonchev–Trinajstić information content (AvgIpc) is 3.59. The van der Waals surface area contributed by atoms with E-state index >= 15 is 0 Å². The quantitative estimate of drug-likeness (QED) is 0.0534. The van der Waals surface area contributed by atoms with Gasteiger partial charge in [0.1, 0.15) is 0 Å². The fourth-order valence-corrected chi connectivity index (χ4v) is 13.1. The summed E-state index contributed by atoms with van der Waals surface area (Å²) >= 11 is 0. The van der Waals surface area contributed by atoms with Gasteiger partial charge in [-0.05, 0) is 61.7 Å². The summed E-state index contributed by atoms with van der Waals surface area (Å²) in [6, 6.07) is 0. The van der Waals surface area contributed by atoms with Crippen molar-refractivity contribution in [1.29, 1.82) is 0 Å².